The van der Waals surface area contributed by atoms with Crippen molar-refractivity contribution >= 4 is 17.6 Å². The molecule has 0 aromatic carbocycles. The van der Waals surface area contributed by atoms with Crippen molar-refractivity contribution in [3.63, 3.8) is 0 Å². The zero-order valence-corrected chi connectivity index (χ0v) is 11.7. The first-order chi connectivity index (χ1) is 8.43. The molecule has 1 saturated carbocycles. The van der Waals surface area contributed by atoms with Gasteiger partial charge in [0.15, 0.2) is 0 Å². The second-order valence-corrected chi connectivity index (χ2v) is 5.09. The monoisotopic (exact) mass is 276 g/mol. The van der Waals surface area contributed by atoms with E-state index in [1.807, 2.05) is 13.8 Å². The van der Waals surface area contributed by atoms with Gasteiger partial charge in [-0.15, -0.1) is 0 Å². The van der Waals surface area contributed by atoms with Crippen molar-refractivity contribution < 1.29 is 19.7 Å². The molecule has 0 spiro atoms. The van der Waals surface area contributed by atoms with Crippen LogP contribution in [0.1, 0.15) is 27.2 Å². The summed E-state index contributed by atoms with van der Waals surface area (Å²) in [6.45, 7) is 5.52. The van der Waals surface area contributed by atoms with Crippen LogP contribution in [0.5, 0.6) is 0 Å². The molecular formula is C13H21ClO4. The third kappa shape index (κ3) is 3.05. The SMILES string of the molecule is C/C=C(/C(=O)O)[C@H]1C[C@H](O)[C@H](C)[C@H]1[C@@H](C)OCCl. The highest BCUT2D eigenvalue weighted by molar-refractivity contribution is 6.17. The van der Waals surface area contributed by atoms with Gasteiger partial charge >= 0.3 is 5.97 Å². The summed E-state index contributed by atoms with van der Waals surface area (Å²) in [5.74, 6) is -1.13. The Labute approximate surface area is 113 Å². The van der Waals surface area contributed by atoms with E-state index in [9.17, 15) is 15.0 Å². The summed E-state index contributed by atoms with van der Waals surface area (Å²) >= 11 is 5.57. The molecule has 0 aromatic rings. The van der Waals surface area contributed by atoms with E-state index in [2.05, 4.69) is 0 Å². The molecule has 0 radical (unpaired) electrons. The Morgan fingerprint density at radius 1 is 1.61 bits per heavy atom. The molecule has 0 aliphatic heterocycles. The van der Waals surface area contributed by atoms with Crippen molar-refractivity contribution in [2.24, 2.45) is 17.8 Å². The van der Waals surface area contributed by atoms with Crippen molar-refractivity contribution in [3.05, 3.63) is 11.6 Å². The fourth-order valence-corrected chi connectivity index (χ4v) is 3.25. The van der Waals surface area contributed by atoms with Gasteiger partial charge in [0.2, 0.25) is 0 Å². The van der Waals surface area contributed by atoms with Gasteiger partial charge in [-0.3, -0.25) is 0 Å². The highest BCUT2D eigenvalue weighted by atomic mass is 35.5. The molecule has 1 rings (SSSR count). The number of allylic oxidation sites excluding steroid dienone is 1. The Morgan fingerprint density at radius 2 is 2.22 bits per heavy atom. The Balaban J connectivity index is 2.98. The van der Waals surface area contributed by atoms with Crippen LogP contribution in [0.4, 0.5) is 0 Å². The number of carboxylic acid groups (broad SMARTS) is 1. The highest BCUT2D eigenvalue weighted by Crippen LogP contribution is 2.44. The van der Waals surface area contributed by atoms with Crippen LogP contribution in [0.15, 0.2) is 11.6 Å². The van der Waals surface area contributed by atoms with Crippen LogP contribution in [0.25, 0.3) is 0 Å². The summed E-state index contributed by atoms with van der Waals surface area (Å²) in [6.07, 6.45) is 1.41. The number of aliphatic hydroxyl groups is 1. The molecule has 0 saturated heterocycles. The van der Waals surface area contributed by atoms with E-state index < -0.39 is 12.1 Å². The van der Waals surface area contributed by atoms with E-state index in [1.165, 1.54) is 0 Å². The fraction of sp³-hybridized carbons (Fsp3) is 0.769. The lowest BCUT2D eigenvalue weighted by Crippen LogP contribution is -2.31. The quantitative estimate of drug-likeness (QED) is 0.597. The van der Waals surface area contributed by atoms with E-state index in [1.54, 1.807) is 13.0 Å². The van der Waals surface area contributed by atoms with Crippen molar-refractivity contribution in [1.82, 2.24) is 0 Å². The number of hydrogen-bond acceptors (Lipinski definition) is 3. The predicted octanol–water partition coefficient (Wildman–Crippen LogP) is 2.25. The van der Waals surface area contributed by atoms with Gasteiger partial charge in [-0.25, -0.2) is 4.79 Å². The third-order valence-corrected chi connectivity index (χ3v) is 4.13. The van der Waals surface area contributed by atoms with E-state index >= 15 is 0 Å². The van der Waals surface area contributed by atoms with E-state index in [0.717, 1.165) is 0 Å². The second kappa shape index (κ2) is 6.55. The average Bonchev–Trinajstić information content (AvgIpc) is 2.56. The minimum Gasteiger partial charge on any atom is -0.478 e. The Morgan fingerprint density at radius 3 is 2.67 bits per heavy atom. The van der Waals surface area contributed by atoms with Crippen molar-refractivity contribution in [2.45, 2.75) is 39.4 Å². The van der Waals surface area contributed by atoms with Crippen LogP contribution in [0, 0.1) is 17.8 Å². The Kier molecular flexibility index (Phi) is 5.63. The number of ether oxygens (including phenoxy) is 1. The normalized spacial score (nSPS) is 34.6. The Bertz CT molecular complexity index is 329. The smallest absolute Gasteiger partial charge is 0.331 e. The number of hydrogen-bond donors (Lipinski definition) is 2. The molecule has 104 valence electrons. The first kappa shape index (κ1) is 15.5. The molecule has 1 aliphatic rings. The van der Waals surface area contributed by atoms with E-state index in [-0.39, 0.29) is 29.9 Å². The van der Waals surface area contributed by atoms with Gasteiger partial charge in [0.25, 0.3) is 0 Å². The Hall–Kier alpha value is -0.580. The minimum atomic E-state index is -0.924. The highest BCUT2D eigenvalue weighted by Gasteiger charge is 2.45. The number of aliphatic carboxylic acids is 1. The molecular weight excluding hydrogens is 256 g/mol. The maximum atomic E-state index is 11.2. The van der Waals surface area contributed by atoms with Gasteiger partial charge in [0.05, 0.1) is 12.2 Å². The number of carboxylic acids is 1. The van der Waals surface area contributed by atoms with E-state index in [4.69, 9.17) is 16.3 Å². The maximum Gasteiger partial charge on any atom is 0.331 e. The molecule has 0 unspecified atom stereocenters. The summed E-state index contributed by atoms with van der Waals surface area (Å²) < 4.78 is 5.38. The van der Waals surface area contributed by atoms with Gasteiger partial charge in [-0.05, 0) is 38.0 Å². The van der Waals surface area contributed by atoms with Gasteiger partial charge < -0.3 is 14.9 Å². The minimum absolute atomic E-state index is 0.00233. The number of rotatable bonds is 5. The summed E-state index contributed by atoms with van der Waals surface area (Å²) in [4.78, 5) is 11.2. The van der Waals surface area contributed by atoms with Gasteiger partial charge in [0, 0.05) is 5.57 Å². The van der Waals surface area contributed by atoms with Crippen LogP contribution < -0.4 is 0 Å². The van der Waals surface area contributed by atoms with Gasteiger partial charge in [-0.2, -0.15) is 0 Å². The topological polar surface area (TPSA) is 66.8 Å². The van der Waals surface area contributed by atoms with Crippen LogP contribution in [-0.2, 0) is 9.53 Å². The standard InChI is InChI=1S/C13H21ClO4/c1-4-9(13(16)17)10-5-11(15)7(2)12(10)8(3)18-6-14/h4,7-8,10-12,15H,5-6H2,1-3H3,(H,16,17)/b9-4+/t7-,8+,10+,11-,12-/m0/s1. The number of alkyl halides is 1. The average molecular weight is 277 g/mol. The summed E-state index contributed by atoms with van der Waals surface area (Å²) in [6, 6.07) is 0.0748. The van der Waals surface area contributed by atoms with Crippen LogP contribution in [-0.4, -0.2) is 34.5 Å². The molecule has 0 bridgehead atoms. The zero-order chi connectivity index (χ0) is 13.9. The van der Waals surface area contributed by atoms with Crippen molar-refractivity contribution in [2.75, 3.05) is 6.07 Å². The second-order valence-electron chi connectivity index (χ2n) is 4.88. The number of aliphatic hydroxyl groups excluding tert-OH is 1. The van der Waals surface area contributed by atoms with Crippen molar-refractivity contribution in [1.29, 1.82) is 0 Å². The fourth-order valence-electron chi connectivity index (χ4n) is 3.05. The molecule has 1 aliphatic carbocycles. The number of carbonyl (C=O) groups is 1. The third-order valence-electron chi connectivity index (χ3n) is 4.00. The predicted molar refractivity (Wildman–Crippen MR) is 69.4 cm³/mol. The zero-order valence-electron chi connectivity index (χ0n) is 11.0. The van der Waals surface area contributed by atoms with E-state index in [0.29, 0.717) is 12.0 Å². The van der Waals surface area contributed by atoms with Crippen LogP contribution in [0.3, 0.4) is 0 Å². The molecule has 0 aromatic heterocycles. The molecule has 5 heteroatoms. The van der Waals surface area contributed by atoms with Gasteiger partial charge in [-0.1, -0.05) is 24.6 Å². The molecule has 5 atom stereocenters. The lowest BCUT2D eigenvalue weighted by Gasteiger charge is -2.29. The maximum absolute atomic E-state index is 11.2. The lowest BCUT2D eigenvalue weighted by atomic mass is 9.81. The van der Waals surface area contributed by atoms with Crippen LogP contribution in [0.2, 0.25) is 0 Å². The molecule has 0 heterocycles. The summed E-state index contributed by atoms with van der Waals surface area (Å²) in [5.41, 5.74) is 0.355. The largest absolute Gasteiger partial charge is 0.478 e. The molecule has 0 amide bonds. The van der Waals surface area contributed by atoms with Crippen LogP contribution >= 0.6 is 11.6 Å². The number of halogens is 1. The molecule has 1 fully saturated rings. The molecule has 4 nitrogen and oxygen atoms in total. The van der Waals surface area contributed by atoms with Gasteiger partial charge in [0.1, 0.15) is 6.07 Å². The molecule has 18 heavy (non-hydrogen) atoms. The first-order valence-corrected chi connectivity index (χ1v) is 6.72. The summed E-state index contributed by atoms with van der Waals surface area (Å²) in [5, 5.41) is 19.2. The first-order valence-electron chi connectivity index (χ1n) is 6.19. The van der Waals surface area contributed by atoms with Crippen molar-refractivity contribution in [3.8, 4) is 0 Å². The summed E-state index contributed by atoms with van der Waals surface area (Å²) in [7, 11) is 0. The lowest BCUT2D eigenvalue weighted by molar-refractivity contribution is -0.133. The molecule has 2 N–H and O–H groups in total.